The number of hydrogen-bond donors (Lipinski definition) is 1. The number of rotatable bonds is 1. The number of aryl methyl sites for hydroxylation is 1. The summed E-state index contributed by atoms with van der Waals surface area (Å²) in [6.45, 7) is 0.873. The van der Waals surface area contributed by atoms with Crippen molar-refractivity contribution in [1.82, 2.24) is 19.6 Å². The van der Waals surface area contributed by atoms with Crippen molar-refractivity contribution in [3.63, 3.8) is 0 Å². The Balaban J connectivity index is 1.90. The molecule has 2 aromatic heterocycles. The molecule has 6 heteroatoms. The molecule has 20 heavy (non-hydrogen) atoms. The second-order valence-electron chi connectivity index (χ2n) is 5.13. The monoisotopic (exact) mass is 271 g/mol. The molecule has 1 aliphatic heterocycles. The first kappa shape index (κ1) is 11.5. The lowest BCUT2D eigenvalue weighted by Gasteiger charge is -2.24. The summed E-state index contributed by atoms with van der Waals surface area (Å²) in [5.41, 5.74) is 1.81. The van der Waals surface area contributed by atoms with Crippen molar-refractivity contribution < 1.29 is 4.39 Å². The first-order valence-electron chi connectivity index (χ1n) is 6.62. The Hall–Kier alpha value is -2.37. The van der Waals surface area contributed by atoms with E-state index >= 15 is 0 Å². The zero-order valence-electron chi connectivity index (χ0n) is 11.0. The fraction of sp³-hybridized carbons (Fsp3) is 0.286. The number of benzene rings is 1. The summed E-state index contributed by atoms with van der Waals surface area (Å²) >= 11 is 0. The molecule has 1 unspecified atom stereocenters. The minimum absolute atomic E-state index is 0.149. The molecule has 1 aromatic carbocycles. The normalized spacial score (nSPS) is 18.0. The zero-order valence-corrected chi connectivity index (χ0v) is 11.0. The van der Waals surface area contributed by atoms with Gasteiger partial charge in [0.2, 0.25) is 0 Å². The highest BCUT2D eigenvalue weighted by Crippen LogP contribution is 2.34. The average molecular weight is 271 g/mol. The molecule has 0 amide bonds. The van der Waals surface area contributed by atoms with E-state index < -0.39 is 0 Å². The Morgan fingerprint density at radius 2 is 2.30 bits per heavy atom. The van der Waals surface area contributed by atoms with E-state index in [0.29, 0.717) is 5.52 Å². The summed E-state index contributed by atoms with van der Waals surface area (Å²) in [6.07, 6.45) is 4.81. The van der Waals surface area contributed by atoms with Crippen LogP contribution in [0.4, 0.5) is 10.2 Å². The van der Waals surface area contributed by atoms with Crippen LogP contribution in [0.25, 0.3) is 10.9 Å². The molecule has 102 valence electrons. The van der Waals surface area contributed by atoms with Gasteiger partial charge in [-0.25, -0.2) is 9.07 Å². The summed E-state index contributed by atoms with van der Waals surface area (Å²) < 4.78 is 17.1. The molecule has 0 spiro atoms. The van der Waals surface area contributed by atoms with Crippen LogP contribution in [0.3, 0.4) is 0 Å². The molecular formula is C14H14FN5. The zero-order chi connectivity index (χ0) is 13.7. The summed E-state index contributed by atoms with van der Waals surface area (Å²) in [5, 5.41) is 13.1. The third-order valence-corrected chi connectivity index (χ3v) is 3.77. The lowest BCUT2D eigenvalue weighted by molar-refractivity contribution is 0.485. The van der Waals surface area contributed by atoms with Gasteiger partial charge >= 0.3 is 0 Å². The van der Waals surface area contributed by atoms with Gasteiger partial charge in [-0.3, -0.25) is 4.68 Å². The van der Waals surface area contributed by atoms with Crippen molar-refractivity contribution in [3.05, 3.63) is 42.0 Å². The highest BCUT2D eigenvalue weighted by molar-refractivity contribution is 5.90. The number of fused-ring (bicyclic) bond motifs is 3. The van der Waals surface area contributed by atoms with E-state index in [0.717, 1.165) is 29.7 Å². The Morgan fingerprint density at radius 3 is 3.10 bits per heavy atom. The molecule has 1 aliphatic rings. The van der Waals surface area contributed by atoms with Crippen LogP contribution in [0.1, 0.15) is 18.0 Å². The third-order valence-electron chi connectivity index (χ3n) is 3.77. The quantitative estimate of drug-likeness (QED) is 0.739. The van der Waals surface area contributed by atoms with E-state index in [-0.39, 0.29) is 11.9 Å². The average Bonchev–Trinajstić information content (AvgIpc) is 3.01. The van der Waals surface area contributed by atoms with Gasteiger partial charge in [-0.2, -0.15) is 10.2 Å². The van der Waals surface area contributed by atoms with Gasteiger partial charge in [0, 0.05) is 36.8 Å². The van der Waals surface area contributed by atoms with Crippen LogP contribution in [-0.2, 0) is 7.05 Å². The summed E-state index contributed by atoms with van der Waals surface area (Å²) in [5.74, 6) is 0.700. The number of hydrogen-bond acceptors (Lipinski definition) is 3. The number of anilines is 1. The summed E-state index contributed by atoms with van der Waals surface area (Å²) in [6, 6.07) is 4.88. The predicted octanol–water partition coefficient (Wildman–Crippen LogP) is 2.31. The van der Waals surface area contributed by atoms with Gasteiger partial charge in [0.25, 0.3) is 0 Å². The molecule has 1 atom stereocenters. The van der Waals surface area contributed by atoms with Crippen LogP contribution in [-0.4, -0.2) is 26.1 Å². The van der Waals surface area contributed by atoms with E-state index in [9.17, 15) is 4.39 Å². The van der Waals surface area contributed by atoms with Crippen molar-refractivity contribution >= 4 is 16.7 Å². The standard InChI is InChI=1S/C14H14FN5/c1-19-8-9(7-17-19)13-4-5-16-14-11-3-2-10(15)6-12(11)18-20(13)14/h2-3,6-8,13,16H,4-5H2,1H3. The van der Waals surface area contributed by atoms with E-state index in [1.54, 1.807) is 10.7 Å². The molecule has 3 aromatic rings. The lowest BCUT2D eigenvalue weighted by atomic mass is 10.1. The Kier molecular flexibility index (Phi) is 2.33. The second kappa shape index (κ2) is 4.06. The Labute approximate surface area is 115 Å². The molecule has 0 saturated carbocycles. The summed E-state index contributed by atoms with van der Waals surface area (Å²) in [4.78, 5) is 0. The van der Waals surface area contributed by atoms with Crippen molar-refractivity contribution in [2.24, 2.45) is 7.05 Å². The fourth-order valence-corrected chi connectivity index (χ4v) is 2.85. The van der Waals surface area contributed by atoms with Crippen molar-refractivity contribution in [2.75, 3.05) is 11.9 Å². The first-order chi connectivity index (χ1) is 9.72. The number of aromatic nitrogens is 4. The van der Waals surface area contributed by atoms with Crippen LogP contribution in [0, 0.1) is 5.82 Å². The number of nitrogens with zero attached hydrogens (tertiary/aromatic N) is 4. The van der Waals surface area contributed by atoms with E-state index in [1.165, 1.54) is 12.1 Å². The van der Waals surface area contributed by atoms with Gasteiger partial charge in [0.15, 0.2) is 0 Å². The smallest absolute Gasteiger partial charge is 0.132 e. The Morgan fingerprint density at radius 1 is 1.40 bits per heavy atom. The topological polar surface area (TPSA) is 47.7 Å². The predicted molar refractivity (Wildman–Crippen MR) is 74.1 cm³/mol. The molecule has 0 fully saturated rings. The maximum absolute atomic E-state index is 13.3. The molecule has 0 radical (unpaired) electrons. The maximum Gasteiger partial charge on any atom is 0.132 e. The molecule has 5 nitrogen and oxygen atoms in total. The first-order valence-corrected chi connectivity index (χ1v) is 6.62. The van der Waals surface area contributed by atoms with Crippen molar-refractivity contribution in [1.29, 1.82) is 0 Å². The SMILES string of the molecule is Cn1cc(C2CCNc3c4ccc(F)cc4nn32)cn1. The Bertz CT molecular complexity index is 788. The lowest BCUT2D eigenvalue weighted by Crippen LogP contribution is -2.24. The van der Waals surface area contributed by atoms with Gasteiger partial charge in [0.1, 0.15) is 11.6 Å². The van der Waals surface area contributed by atoms with Crippen LogP contribution in [0.5, 0.6) is 0 Å². The van der Waals surface area contributed by atoms with Crippen molar-refractivity contribution in [3.8, 4) is 0 Å². The largest absolute Gasteiger partial charge is 0.370 e. The van der Waals surface area contributed by atoms with Crippen molar-refractivity contribution in [2.45, 2.75) is 12.5 Å². The van der Waals surface area contributed by atoms with Crippen LogP contribution < -0.4 is 5.32 Å². The minimum atomic E-state index is -0.258. The molecule has 3 heterocycles. The molecule has 0 bridgehead atoms. The highest BCUT2D eigenvalue weighted by atomic mass is 19.1. The maximum atomic E-state index is 13.3. The van der Waals surface area contributed by atoms with Gasteiger partial charge in [-0.05, 0) is 18.6 Å². The van der Waals surface area contributed by atoms with Crippen LogP contribution in [0.15, 0.2) is 30.6 Å². The molecule has 0 aliphatic carbocycles. The van der Waals surface area contributed by atoms with E-state index in [1.807, 2.05) is 24.1 Å². The minimum Gasteiger partial charge on any atom is -0.370 e. The molecule has 1 N–H and O–H groups in total. The molecule has 4 rings (SSSR count). The second-order valence-corrected chi connectivity index (χ2v) is 5.13. The third kappa shape index (κ3) is 1.61. The molecule has 0 saturated heterocycles. The van der Waals surface area contributed by atoms with Gasteiger partial charge in [-0.15, -0.1) is 0 Å². The fourth-order valence-electron chi connectivity index (χ4n) is 2.85. The number of nitrogens with one attached hydrogen (secondary N) is 1. The molecular weight excluding hydrogens is 257 g/mol. The van der Waals surface area contributed by atoms with Gasteiger partial charge in [-0.1, -0.05) is 0 Å². The van der Waals surface area contributed by atoms with E-state index in [2.05, 4.69) is 15.5 Å². The van der Waals surface area contributed by atoms with E-state index in [4.69, 9.17) is 0 Å². The van der Waals surface area contributed by atoms with Gasteiger partial charge < -0.3 is 5.32 Å². The number of halogens is 1. The summed E-state index contributed by atoms with van der Waals surface area (Å²) in [7, 11) is 1.90. The highest BCUT2D eigenvalue weighted by Gasteiger charge is 2.25. The van der Waals surface area contributed by atoms with Gasteiger partial charge in [0.05, 0.1) is 17.8 Å². The van der Waals surface area contributed by atoms with Crippen LogP contribution >= 0.6 is 0 Å². The van der Waals surface area contributed by atoms with Crippen LogP contribution in [0.2, 0.25) is 0 Å².